The highest BCUT2D eigenvalue weighted by molar-refractivity contribution is 5.31. The van der Waals surface area contributed by atoms with E-state index in [9.17, 15) is 0 Å². The Kier molecular flexibility index (Phi) is 5.48. The molecule has 0 radical (unpaired) electrons. The van der Waals surface area contributed by atoms with E-state index in [-0.39, 0.29) is 0 Å². The van der Waals surface area contributed by atoms with Gasteiger partial charge in [0.25, 0.3) is 0 Å². The molecular formula is C20H33N. The fourth-order valence-corrected chi connectivity index (χ4v) is 3.80. The summed E-state index contributed by atoms with van der Waals surface area (Å²) in [6, 6.07) is 7.60. The highest BCUT2D eigenvalue weighted by Gasteiger charge is 2.31. The molecule has 0 saturated heterocycles. The SMILES string of the molecule is CCCNC(c1cc(C)cc(C)c1)C1CCC(C)(C)CC1. The molecule has 1 nitrogen and oxygen atoms in total. The molecule has 1 N–H and O–H groups in total. The van der Waals surface area contributed by atoms with Crippen molar-refractivity contribution in [1.29, 1.82) is 0 Å². The molecule has 1 heteroatoms. The van der Waals surface area contributed by atoms with Crippen LogP contribution in [0, 0.1) is 25.2 Å². The van der Waals surface area contributed by atoms with Crippen LogP contribution in [0.3, 0.4) is 0 Å². The molecule has 1 fully saturated rings. The molecule has 21 heavy (non-hydrogen) atoms. The summed E-state index contributed by atoms with van der Waals surface area (Å²) in [5.74, 6) is 0.797. The molecule has 1 aliphatic carbocycles. The molecule has 0 amide bonds. The zero-order valence-corrected chi connectivity index (χ0v) is 14.6. The van der Waals surface area contributed by atoms with Crippen LogP contribution >= 0.6 is 0 Å². The summed E-state index contributed by atoms with van der Waals surface area (Å²) >= 11 is 0. The second-order valence-corrected chi connectivity index (χ2v) is 7.85. The van der Waals surface area contributed by atoms with E-state index >= 15 is 0 Å². The molecule has 0 spiro atoms. The van der Waals surface area contributed by atoms with E-state index in [0.29, 0.717) is 11.5 Å². The van der Waals surface area contributed by atoms with Gasteiger partial charge in [-0.25, -0.2) is 0 Å². The maximum absolute atomic E-state index is 3.84. The molecule has 0 aromatic heterocycles. The summed E-state index contributed by atoms with van der Waals surface area (Å²) in [7, 11) is 0. The molecular weight excluding hydrogens is 254 g/mol. The van der Waals surface area contributed by atoms with Crippen LogP contribution in [0.5, 0.6) is 0 Å². The summed E-state index contributed by atoms with van der Waals surface area (Å²) in [6.45, 7) is 12.7. The van der Waals surface area contributed by atoms with Crippen molar-refractivity contribution >= 4 is 0 Å². The van der Waals surface area contributed by atoms with Crippen LogP contribution < -0.4 is 5.32 Å². The van der Waals surface area contributed by atoms with Crippen molar-refractivity contribution in [2.45, 2.75) is 72.8 Å². The van der Waals surface area contributed by atoms with Gasteiger partial charge in [-0.3, -0.25) is 0 Å². The molecule has 0 heterocycles. The zero-order chi connectivity index (χ0) is 15.5. The molecule has 1 aromatic rings. The van der Waals surface area contributed by atoms with Gasteiger partial charge in [0.1, 0.15) is 0 Å². The van der Waals surface area contributed by atoms with Gasteiger partial charge in [0.15, 0.2) is 0 Å². The van der Waals surface area contributed by atoms with Gasteiger partial charge in [-0.1, -0.05) is 50.1 Å². The summed E-state index contributed by atoms with van der Waals surface area (Å²) in [6.07, 6.45) is 6.67. The first kappa shape index (κ1) is 16.5. The summed E-state index contributed by atoms with van der Waals surface area (Å²) in [4.78, 5) is 0. The van der Waals surface area contributed by atoms with Crippen molar-refractivity contribution in [3.05, 3.63) is 34.9 Å². The maximum atomic E-state index is 3.84. The zero-order valence-electron chi connectivity index (χ0n) is 14.6. The fourth-order valence-electron chi connectivity index (χ4n) is 3.80. The van der Waals surface area contributed by atoms with Crippen LogP contribution in [0.1, 0.15) is 75.6 Å². The van der Waals surface area contributed by atoms with Crippen molar-refractivity contribution in [2.75, 3.05) is 6.54 Å². The van der Waals surface area contributed by atoms with E-state index in [4.69, 9.17) is 0 Å². The van der Waals surface area contributed by atoms with Crippen LogP contribution in [0.2, 0.25) is 0 Å². The Balaban J connectivity index is 2.18. The lowest BCUT2D eigenvalue weighted by Crippen LogP contribution is -2.33. The Labute approximate surface area is 131 Å². The van der Waals surface area contributed by atoms with Crippen molar-refractivity contribution < 1.29 is 0 Å². The van der Waals surface area contributed by atoms with Crippen molar-refractivity contribution in [3.63, 3.8) is 0 Å². The smallest absolute Gasteiger partial charge is 0.0348 e. The Morgan fingerprint density at radius 2 is 1.67 bits per heavy atom. The molecule has 2 rings (SSSR count). The van der Waals surface area contributed by atoms with E-state index in [1.807, 2.05) is 0 Å². The minimum absolute atomic E-state index is 0.541. The third-order valence-electron chi connectivity index (χ3n) is 5.07. The lowest BCUT2D eigenvalue weighted by Gasteiger charge is -2.38. The number of benzene rings is 1. The molecule has 0 aliphatic heterocycles. The minimum Gasteiger partial charge on any atom is -0.310 e. The summed E-state index contributed by atoms with van der Waals surface area (Å²) in [5.41, 5.74) is 4.84. The van der Waals surface area contributed by atoms with Gasteiger partial charge in [-0.2, -0.15) is 0 Å². The van der Waals surface area contributed by atoms with Gasteiger partial charge in [0, 0.05) is 6.04 Å². The summed E-state index contributed by atoms with van der Waals surface area (Å²) < 4.78 is 0. The molecule has 0 bridgehead atoms. The Morgan fingerprint density at radius 1 is 1.10 bits per heavy atom. The predicted octanol–water partition coefficient (Wildman–Crippen LogP) is 5.56. The molecule has 118 valence electrons. The van der Waals surface area contributed by atoms with E-state index in [2.05, 4.69) is 58.1 Å². The van der Waals surface area contributed by atoms with E-state index in [0.717, 1.165) is 12.5 Å². The van der Waals surface area contributed by atoms with Crippen LogP contribution in [0.15, 0.2) is 18.2 Å². The van der Waals surface area contributed by atoms with Crippen LogP contribution in [0.25, 0.3) is 0 Å². The number of hydrogen-bond acceptors (Lipinski definition) is 1. The van der Waals surface area contributed by atoms with Gasteiger partial charge in [-0.15, -0.1) is 0 Å². The maximum Gasteiger partial charge on any atom is 0.0348 e. The standard InChI is InChI=1S/C20H33N/c1-6-11-21-19(17-7-9-20(4,5)10-8-17)18-13-15(2)12-16(3)14-18/h12-14,17,19,21H,6-11H2,1-5H3. The van der Waals surface area contributed by atoms with Crippen LogP contribution in [-0.4, -0.2) is 6.54 Å². The molecule has 1 saturated carbocycles. The van der Waals surface area contributed by atoms with Crippen molar-refractivity contribution in [1.82, 2.24) is 5.32 Å². The van der Waals surface area contributed by atoms with Crippen LogP contribution in [-0.2, 0) is 0 Å². The Morgan fingerprint density at radius 3 is 2.19 bits per heavy atom. The average molecular weight is 287 g/mol. The second kappa shape index (κ2) is 6.96. The molecule has 1 atom stereocenters. The molecule has 1 aliphatic rings. The van der Waals surface area contributed by atoms with Crippen molar-refractivity contribution in [3.8, 4) is 0 Å². The lowest BCUT2D eigenvalue weighted by molar-refractivity contribution is 0.161. The fraction of sp³-hybridized carbons (Fsp3) is 0.700. The van der Waals surface area contributed by atoms with Gasteiger partial charge >= 0.3 is 0 Å². The third kappa shape index (κ3) is 4.57. The number of nitrogens with one attached hydrogen (secondary N) is 1. The number of hydrogen-bond donors (Lipinski definition) is 1. The van der Waals surface area contributed by atoms with Gasteiger partial charge < -0.3 is 5.32 Å². The van der Waals surface area contributed by atoms with Gasteiger partial charge in [0.05, 0.1) is 0 Å². The topological polar surface area (TPSA) is 12.0 Å². The van der Waals surface area contributed by atoms with Crippen molar-refractivity contribution in [2.24, 2.45) is 11.3 Å². The van der Waals surface area contributed by atoms with Gasteiger partial charge in [0.2, 0.25) is 0 Å². The first-order valence-electron chi connectivity index (χ1n) is 8.73. The van der Waals surface area contributed by atoms with E-state index in [1.54, 1.807) is 0 Å². The lowest BCUT2D eigenvalue weighted by atomic mass is 9.70. The first-order valence-corrected chi connectivity index (χ1v) is 8.73. The first-order chi connectivity index (χ1) is 9.91. The Bertz CT molecular complexity index is 431. The normalized spacial score (nSPS) is 20.4. The quantitative estimate of drug-likeness (QED) is 0.747. The molecule has 1 unspecified atom stereocenters. The van der Waals surface area contributed by atoms with E-state index < -0.39 is 0 Å². The predicted molar refractivity (Wildman–Crippen MR) is 92.7 cm³/mol. The second-order valence-electron chi connectivity index (χ2n) is 7.85. The minimum atomic E-state index is 0.541. The van der Waals surface area contributed by atoms with E-state index in [1.165, 1.54) is 48.8 Å². The van der Waals surface area contributed by atoms with Crippen LogP contribution in [0.4, 0.5) is 0 Å². The molecule has 1 aromatic carbocycles. The highest BCUT2D eigenvalue weighted by Crippen LogP contribution is 2.42. The summed E-state index contributed by atoms with van der Waals surface area (Å²) in [5, 5.41) is 3.84. The highest BCUT2D eigenvalue weighted by atomic mass is 14.9. The monoisotopic (exact) mass is 287 g/mol. The third-order valence-corrected chi connectivity index (χ3v) is 5.07. The largest absolute Gasteiger partial charge is 0.310 e. The van der Waals surface area contributed by atoms with Gasteiger partial charge in [-0.05, 0) is 69.4 Å². The number of rotatable bonds is 5. The number of aryl methyl sites for hydroxylation is 2. The Hall–Kier alpha value is -0.820. The average Bonchev–Trinajstić information content (AvgIpc) is 2.39.